The molecule has 5 heteroatoms. The van der Waals surface area contributed by atoms with Gasteiger partial charge in [0.1, 0.15) is 0 Å². The number of benzene rings is 1. The number of nitrogens with one attached hydrogen (secondary N) is 1. The van der Waals surface area contributed by atoms with Crippen molar-refractivity contribution in [3.05, 3.63) is 48.1 Å². The van der Waals surface area contributed by atoms with Gasteiger partial charge in [-0.05, 0) is 44.2 Å². The van der Waals surface area contributed by atoms with Crippen molar-refractivity contribution in [2.24, 2.45) is 0 Å². The van der Waals surface area contributed by atoms with E-state index in [2.05, 4.69) is 11.9 Å². The molecule has 0 unspecified atom stereocenters. The first kappa shape index (κ1) is 13.7. The van der Waals surface area contributed by atoms with E-state index in [0.717, 1.165) is 11.0 Å². The second-order valence-corrected chi connectivity index (χ2v) is 4.44. The van der Waals surface area contributed by atoms with Crippen LogP contribution in [0, 0.1) is 0 Å². The first-order chi connectivity index (χ1) is 9.45. The zero-order valence-electron chi connectivity index (χ0n) is 11.3. The Balaban J connectivity index is 2.24. The molecule has 0 spiro atoms. The molecule has 0 aliphatic carbocycles. The van der Waals surface area contributed by atoms with Crippen LogP contribution in [0.5, 0.6) is 0 Å². The Bertz CT molecular complexity index is 618. The van der Waals surface area contributed by atoms with Crippen LogP contribution in [0.1, 0.15) is 13.8 Å². The predicted octanol–water partition coefficient (Wildman–Crippen LogP) is 2.02. The zero-order valence-corrected chi connectivity index (χ0v) is 11.3. The summed E-state index contributed by atoms with van der Waals surface area (Å²) in [5.74, 6) is -0.940. The Morgan fingerprint density at radius 1 is 1.10 bits per heavy atom. The lowest BCUT2D eigenvalue weighted by Gasteiger charge is -2.15. The van der Waals surface area contributed by atoms with Gasteiger partial charge in [-0.1, -0.05) is 6.58 Å². The monoisotopic (exact) mass is 270 g/mol. The van der Waals surface area contributed by atoms with Crippen LogP contribution in [0.2, 0.25) is 0 Å². The maximum atomic E-state index is 12.0. The maximum absolute atomic E-state index is 12.0. The third-order valence-electron chi connectivity index (χ3n) is 3.19. The Hall–Kier alpha value is -2.69. The van der Waals surface area contributed by atoms with Crippen molar-refractivity contribution in [2.75, 3.05) is 10.2 Å². The first-order valence-corrected chi connectivity index (χ1v) is 6.05. The van der Waals surface area contributed by atoms with Gasteiger partial charge in [0.25, 0.3) is 11.8 Å². The molecule has 5 nitrogen and oxygen atoms in total. The van der Waals surface area contributed by atoms with Crippen LogP contribution >= 0.6 is 0 Å². The number of amides is 3. The fraction of sp³-hybridized carbons (Fsp3) is 0.133. The standard InChI is InChI=1S/C15H14N2O3/c1-4-13(18)16-11-5-7-12(8-6-11)17-14(19)9(2)10(3)15(17)20/h4-8H,1H2,2-3H3,(H,16,18). The van der Waals surface area contributed by atoms with E-state index in [0.29, 0.717) is 22.5 Å². The average Bonchev–Trinajstić information content (AvgIpc) is 2.64. The summed E-state index contributed by atoms with van der Waals surface area (Å²) < 4.78 is 0. The van der Waals surface area contributed by atoms with E-state index in [1.54, 1.807) is 38.1 Å². The molecule has 1 aliphatic heterocycles. The molecule has 0 fully saturated rings. The molecule has 0 atom stereocenters. The largest absolute Gasteiger partial charge is 0.323 e. The molecule has 1 aromatic rings. The van der Waals surface area contributed by atoms with Gasteiger partial charge in [-0.3, -0.25) is 14.4 Å². The summed E-state index contributed by atoms with van der Waals surface area (Å²) in [6.07, 6.45) is 1.16. The van der Waals surface area contributed by atoms with Gasteiger partial charge in [-0.25, -0.2) is 4.90 Å². The quantitative estimate of drug-likeness (QED) is 0.675. The van der Waals surface area contributed by atoms with E-state index in [-0.39, 0.29) is 17.7 Å². The van der Waals surface area contributed by atoms with E-state index in [9.17, 15) is 14.4 Å². The van der Waals surface area contributed by atoms with Gasteiger partial charge in [0, 0.05) is 16.8 Å². The van der Waals surface area contributed by atoms with Gasteiger partial charge in [0.05, 0.1) is 5.69 Å². The molecule has 0 saturated heterocycles. The minimum atomic E-state index is -0.320. The molecule has 20 heavy (non-hydrogen) atoms. The molecule has 1 heterocycles. The van der Waals surface area contributed by atoms with Crippen molar-refractivity contribution >= 4 is 29.1 Å². The van der Waals surface area contributed by atoms with Crippen molar-refractivity contribution in [2.45, 2.75) is 13.8 Å². The van der Waals surface area contributed by atoms with Gasteiger partial charge < -0.3 is 5.32 Å². The molecule has 102 valence electrons. The van der Waals surface area contributed by atoms with Crippen molar-refractivity contribution < 1.29 is 14.4 Å². The number of imide groups is 1. The number of anilines is 2. The second kappa shape index (κ2) is 5.13. The topological polar surface area (TPSA) is 66.5 Å². The van der Waals surface area contributed by atoms with Crippen LogP contribution in [-0.2, 0) is 14.4 Å². The van der Waals surface area contributed by atoms with Crippen molar-refractivity contribution in [3.8, 4) is 0 Å². The molecule has 0 radical (unpaired) electrons. The highest BCUT2D eigenvalue weighted by molar-refractivity contribution is 6.32. The lowest BCUT2D eigenvalue weighted by Crippen LogP contribution is -2.31. The highest BCUT2D eigenvalue weighted by Crippen LogP contribution is 2.27. The first-order valence-electron chi connectivity index (χ1n) is 6.05. The third-order valence-corrected chi connectivity index (χ3v) is 3.19. The Labute approximate surface area is 116 Å². The molecule has 0 bridgehead atoms. The summed E-state index contributed by atoms with van der Waals surface area (Å²) in [7, 11) is 0. The summed E-state index contributed by atoms with van der Waals surface area (Å²) in [6, 6.07) is 6.47. The molecular formula is C15H14N2O3. The lowest BCUT2D eigenvalue weighted by molar-refractivity contribution is -0.120. The normalized spacial score (nSPS) is 14.8. The molecule has 0 saturated carbocycles. The fourth-order valence-electron chi connectivity index (χ4n) is 1.87. The average molecular weight is 270 g/mol. The second-order valence-electron chi connectivity index (χ2n) is 4.44. The van der Waals surface area contributed by atoms with Crippen LogP contribution < -0.4 is 10.2 Å². The minimum Gasteiger partial charge on any atom is -0.323 e. The van der Waals surface area contributed by atoms with E-state index >= 15 is 0 Å². The number of hydrogen-bond donors (Lipinski definition) is 1. The zero-order chi connectivity index (χ0) is 14.9. The highest BCUT2D eigenvalue weighted by atomic mass is 16.2. The fourth-order valence-corrected chi connectivity index (χ4v) is 1.87. The van der Waals surface area contributed by atoms with Crippen LogP contribution in [0.4, 0.5) is 11.4 Å². The molecule has 2 rings (SSSR count). The molecular weight excluding hydrogens is 256 g/mol. The smallest absolute Gasteiger partial charge is 0.261 e. The third kappa shape index (κ3) is 2.25. The number of carbonyl (C=O) groups excluding carboxylic acids is 3. The maximum Gasteiger partial charge on any atom is 0.261 e. The number of nitrogens with zero attached hydrogens (tertiary/aromatic N) is 1. The number of carbonyl (C=O) groups is 3. The minimum absolute atomic E-state index is 0.310. The van der Waals surface area contributed by atoms with E-state index < -0.39 is 0 Å². The summed E-state index contributed by atoms with van der Waals surface area (Å²) in [5.41, 5.74) is 1.96. The van der Waals surface area contributed by atoms with Gasteiger partial charge in [0.2, 0.25) is 5.91 Å². The van der Waals surface area contributed by atoms with Crippen molar-refractivity contribution in [1.29, 1.82) is 0 Å². The van der Waals surface area contributed by atoms with Crippen LogP contribution in [0.3, 0.4) is 0 Å². The van der Waals surface area contributed by atoms with E-state index in [1.807, 2.05) is 0 Å². The predicted molar refractivity (Wildman–Crippen MR) is 76.1 cm³/mol. The molecule has 1 aromatic carbocycles. The Morgan fingerprint density at radius 2 is 1.60 bits per heavy atom. The van der Waals surface area contributed by atoms with Crippen molar-refractivity contribution in [1.82, 2.24) is 0 Å². The van der Waals surface area contributed by atoms with Crippen LogP contribution in [-0.4, -0.2) is 17.7 Å². The Morgan fingerprint density at radius 3 is 2.05 bits per heavy atom. The lowest BCUT2D eigenvalue weighted by atomic mass is 10.2. The van der Waals surface area contributed by atoms with Gasteiger partial charge >= 0.3 is 0 Å². The SMILES string of the molecule is C=CC(=O)Nc1ccc(N2C(=O)C(C)=C(C)C2=O)cc1. The van der Waals surface area contributed by atoms with Gasteiger partial charge in [0.15, 0.2) is 0 Å². The van der Waals surface area contributed by atoms with Gasteiger partial charge in [-0.15, -0.1) is 0 Å². The van der Waals surface area contributed by atoms with Crippen LogP contribution in [0.25, 0.3) is 0 Å². The summed E-state index contributed by atoms with van der Waals surface area (Å²) >= 11 is 0. The van der Waals surface area contributed by atoms with E-state index in [1.165, 1.54) is 0 Å². The van der Waals surface area contributed by atoms with Crippen molar-refractivity contribution in [3.63, 3.8) is 0 Å². The summed E-state index contributed by atoms with van der Waals surface area (Å²) in [4.78, 5) is 36.3. The number of hydrogen-bond acceptors (Lipinski definition) is 3. The van der Waals surface area contributed by atoms with Crippen LogP contribution in [0.15, 0.2) is 48.1 Å². The van der Waals surface area contributed by atoms with Gasteiger partial charge in [-0.2, -0.15) is 0 Å². The molecule has 3 amide bonds. The van der Waals surface area contributed by atoms with E-state index in [4.69, 9.17) is 0 Å². The molecule has 1 N–H and O–H groups in total. The number of rotatable bonds is 3. The molecule has 1 aliphatic rings. The summed E-state index contributed by atoms with van der Waals surface area (Å²) in [5, 5.41) is 2.59. The highest BCUT2D eigenvalue weighted by Gasteiger charge is 2.34. The molecule has 0 aromatic heterocycles. The summed E-state index contributed by atoms with van der Waals surface area (Å²) in [6.45, 7) is 6.63. The Kier molecular flexibility index (Phi) is 3.52.